The zero-order valence-electron chi connectivity index (χ0n) is 10.9. The van der Waals surface area contributed by atoms with E-state index in [0.29, 0.717) is 12.1 Å². The average Bonchev–Trinajstić information content (AvgIpc) is 3.18. The maximum absolute atomic E-state index is 12.0. The molecule has 2 aromatic heterocycles. The summed E-state index contributed by atoms with van der Waals surface area (Å²) in [6.07, 6.45) is 5.79. The van der Waals surface area contributed by atoms with Crippen LogP contribution in [0.3, 0.4) is 0 Å². The Morgan fingerprint density at radius 3 is 2.45 bits per heavy atom. The van der Waals surface area contributed by atoms with Gasteiger partial charge in [0.1, 0.15) is 0 Å². The van der Waals surface area contributed by atoms with E-state index in [1.807, 2.05) is 71.7 Å². The quantitative estimate of drug-likeness (QED) is 0.748. The summed E-state index contributed by atoms with van der Waals surface area (Å²) in [5, 5.41) is 2.88. The van der Waals surface area contributed by atoms with Gasteiger partial charge in [0, 0.05) is 35.5 Å². The molecule has 0 aliphatic carbocycles. The Balaban J connectivity index is 1.66. The fraction of sp³-hybridized carbons (Fsp3) is 0.0625. The van der Waals surface area contributed by atoms with Gasteiger partial charge >= 0.3 is 0 Å². The summed E-state index contributed by atoms with van der Waals surface area (Å²) in [4.78, 5) is 15.1. The second-order valence-electron chi connectivity index (χ2n) is 4.52. The Kier molecular flexibility index (Phi) is 3.37. The molecule has 0 spiro atoms. The summed E-state index contributed by atoms with van der Waals surface area (Å²) < 4.78 is 2.00. The van der Waals surface area contributed by atoms with E-state index >= 15 is 0 Å². The maximum atomic E-state index is 12.0. The number of benzene rings is 1. The molecule has 0 radical (unpaired) electrons. The Morgan fingerprint density at radius 1 is 1.05 bits per heavy atom. The van der Waals surface area contributed by atoms with Crippen LogP contribution in [0.5, 0.6) is 0 Å². The molecule has 4 nitrogen and oxygen atoms in total. The van der Waals surface area contributed by atoms with Crippen LogP contribution in [0.15, 0.2) is 67.1 Å². The largest absolute Gasteiger partial charge is 0.364 e. The number of aromatic nitrogens is 2. The number of carbonyl (C=O) groups excluding carboxylic acids is 1. The lowest BCUT2D eigenvalue weighted by Gasteiger charge is -2.06. The van der Waals surface area contributed by atoms with Crippen molar-refractivity contribution < 1.29 is 4.79 Å². The topological polar surface area (TPSA) is 49.8 Å². The highest BCUT2D eigenvalue weighted by molar-refractivity contribution is 5.94. The Bertz CT molecular complexity index is 667. The van der Waals surface area contributed by atoms with Crippen LogP contribution in [0.25, 0.3) is 5.69 Å². The minimum atomic E-state index is -0.0707. The highest BCUT2D eigenvalue weighted by atomic mass is 16.1. The van der Waals surface area contributed by atoms with E-state index in [1.165, 1.54) is 0 Å². The van der Waals surface area contributed by atoms with E-state index in [1.54, 1.807) is 0 Å². The summed E-state index contributed by atoms with van der Waals surface area (Å²) >= 11 is 0. The molecule has 0 atom stereocenters. The molecular formula is C16H15N3O. The smallest absolute Gasteiger partial charge is 0.251 e. The summed E-state index contributed by atoms with van der Waals surface area (Å²) in [5.74, 6) is -0.0707. The van der Waals surface area contributed by atoms with Crippen molar-refractivity contribution in [2.75, 3.05) is 0 Å². The molecule has 2 heterocycles. The van der Waals surface area contributed by atoms with Gasteiger partial charge in [-0.05, 0) is 48.5 Å². The fourth-order valence-corrected chi connectivity index (χ4v) is 2.05. The fourth-order valence-electron chi connectivity index (χ4n) is 2.05. The molecular weight excluding hydrogens is 250 g/mol. The molecule has 3 rings (SSSR count). The van der Waals surface area contributed by atoms with Crippen LogP contribution in [0.1, 0.15) is 16.1 Å². The molecule has 0 unspecified atom stereocenters. The molecule has 20 heavy (non-hydrogen) atoms. The minimum Gasteiger partial charge on any atom is -0.364 e. The summed E-state index contributed by atoms with van der Waals surface area (Å²) in [6, 6.07) is 15.3. The number of rotatable bonds is 4. The molecule has 3 aromatic rings. The number of nitrogens with one attached hydrogen (secondary N) is 2. The Labute approximate surface area is 117 Å². The Morgan fingerprint density at radius 2 is 1.80 bits per heavy atom. The highest BCUT2D eigenvalue weighted by Crippen LogP contribution is 2.10. The third-order valence-electron chi connectivity index (χ3n) is 3.13. The van der Waals surface area contributed by atoms with Crippen molar-refractivity contribution in [3.63, 3.8) is 0 Å². The normalized spacial score (nSPS) is 10.4. The molecule has 0 aliphatic heterocycles. The molecule has 4 heteroatoms. The molecule has 1 aromatic carbocycles. The standard InChI is InChI=1S/C16H15N3O/c20-16(18-12-14-4-3-9-17-14)13-5-7-15(8-6-13)19-10-1-2-11-19/h1-11,17H,12H2,(H,18,20). The van der Waals surface area contributed by atoms with Crippen molar-refractivity contribution in [2.45, 2.75) is 6.54 Å². The predicted molar refractivity (Wildman–Crippen MR) is 77.7 cm³/mol. The first-order valence-electron chi connectivity index (χ1n) is 6.47. The lowest BCUT2D eigenvalue weighted by atomic mass is 10.2. The van der Waals surface area contributed by atoms with Gasteiger partial charge < -0.3 is 14.9 Å². The van der Waals surface area contributed by atoms with Crippen LogP contribution in [-0.2, 0) is 6.54 Å². The molecule has 1 amide bonds. The number of hydrogen-bond acceptors (Lipinski definition) is 1. The number of aromatic amines is 1. The molecule has 0 aliphatic rings. The van der Waals surface area contributed by atoms with Gasteiger partial charge in [0.15, 0.2) is 0 Å². The lowest BCUT2D eigenvalue weighted by molar-refractivity contribution is 0.0950. The molecule has 2 N–H and O–H groups in total. The van der Waals surface area contributed by atoms with Crippen molar-refractivity contribution in [2.24, 2.45) is 0 Å². The van der Waals surface area contributed by atoms with Gasteiger partial charge in [-0.2, -0.15) is 0 Å². The van der Waals surface area contributed by atoms with Gasteiger partial charge in [0.25, 0.3) is 5.91 Å². The lowest BCUT2D eigenvalue weighted by Crippen LogP contribution is -2.22. The van der Waals surface area contributed by atoms with Crippen LogP contribution in [0.2, 0.25) is 0 Å². The number of nitrogens with zero attached hydrogens (tertiary/aromatic N) is 1. The first-order valence-corrected chi connectivity index (χ1v) is 6.47. The van der Waals surface area contributed by atoms with Gasteiger partial charge in [-0.1, -0.05) is 0 Å². The minimum absolute atomic E-state index is 0.0707. The van der Waals surface area contributed by atoms with Gasteiger partial charge in [-0.15, -0.1) is 0 Å². The molecule has 0 saturated carbocycles. The highest BCUT2D eigenvalue weighted by Gasteiger charge is 2.05. The summed E-state index contributed by atoms with van der Waals surface area (Å²) in [6.45, 7) is 0.505. The van der Waals surface area contributed by atoms with Crippen LogP contribution in [0, 0.1) is 0 Å². The van der Waals surface area contributed by atoms with E-state index in [0.717, 1.165) is 11.4 Å². The third kappa shape index (κ3) is 2.64. The third-order valence-corrected chi connectivity index (χ3v) is 3.13. The molecule has 100 valence electrons. The van der Waals surface area contributed by atoms with Gasteiger partial charge in [-0.3, -0.25) is 4.79 Å². The number of hydrogen-bond donors (Lipinski definition) is 2. The van der Waals surface area contributed by atoms with Crippen molar-refractivity contribution in [3.05, 3.63) is 78.4 Å². The Hall–Kier alpha value is -2.75. The average molecular weight is 265 g/mol. The van der Waals surface area contributed by atoms with E-state index in [-0.39, 0.29) is 5.91 Å². The van der Waals surface area contributed by atoms with E-state index < -0.39 is 0 Å². The summed E-state index contributed by atoms with van der Waals surface area (Å²) in [5.41, 5.74) is 2.69. The maximum Gasteiger partial charge on any atom is 0.251 e. The number of carbonyl (C=O) groups is 1. The molecule has 0 saturated heterocycles. The number of H-pyrrole nitrogens is 1. The first-order chi connectivity index (χ1) is 9.83. The molecule has 0 bridgehead atoms. The monoisotopic (exact) mass is 265 g/mol. The van der Waals surface area contributed by atoms with Crippen molar-refractivity contribution in [1.82, 2.24) is 14.9 Å². The van der Waals surface area contributed by atoms with Gasteiger partial charge in [0.05, 0.1) is 6.54 Å². The van der Waals surface area contributed by atoms with E-state index in [9.17, 15) is 4.79 Å². The van der Waals surface area contributed by atoms with E-state index in [2.05, 4.69) is 10.3 Å². The van der Waals surface area contributed by atoms with Crippen LogP contribution < -0.4 is 5.32 Å². The van der Waals surface area contributed by atoms with Crippen molar-refractivity contribution >= 4 is 5.91 Å². The SMILES string of the molecule is O=C(NCc1ccc[nH]1)c1ccc(-n2cccc2)cc1. The van der Waals surface area contributed by atoms with Crippen molar-refractivity contribution in [1.29, 1.82) is 0 Å². The number of amides is 1. The van der Waals surface area contributed by atoms with Crippen LogP contribution >= 0.6 is 0 Å². The zero-order chi connectivity index (χ0) is 13.8. The molecule has 0 fully saturated rings. The van der Waals surface area contributed by atoms with Crippen molar-refractivity contribution in [3.8, 4) is 5.69 Å². The van der Waals surface area contributed by atoms with Crippen LogP contribution in [0.4, 0.5) is 0 Å². The second-order valence-corrected chi connectivity index (χ2v) is 4.52. The second kappa shape index (κ2) is 5.48. The zero-order valence-corrected chi connectivity index (χ0v) is 10.9. The van der Waals surface area contributed by atoms with E-state index in [4.69, 9.17) is 0 Å². The summed E-state index contributed by atoms with van der Waals surface area (Å²) in [7, 11) is 0. The van der Waals surface area contributed by atoms with Crippen LogP contribution in [-0.4, -0.2) is 15.5 Å². The predicted octanol–water partition coefficient (Wildman–Crippen LogP) is 2.74. The first kappa shape index (κ1) is 12.3. The van der Waals surface area contributed by atoms with Gasteiger partial charge in [-0.25, -0.2) is 0 Å². The van der Waals surface area contributed by atoms with Gasteiger partial charge in [0.2, 0.25) is 0 Å².